The van der Waals surface area contributed by atoms with Crippen LogP contribution in [0.15, 0.2) is 66.7 Å². The Kier molecular flexibility index (Phi) is 13.1. The van der Waals surface area contributed by atoms with Crippen LogP contribution < -0.4 is 15.7 Å². The topological polar surface area (TPSA) is 118 Å². The number of rotatable bonds is 8. The van der Waals surface area contributed by atoms with Gasteiger partial charge < -0.3 is 26.0 Å². The Balaban J connectivity index is 0.000000274. The summed E-state index contributed by atoms with van der Waals surface area (Å²) in [5, 5.41) is 37.2. The predicted octanol–water partition coefficient (Wildman–Crippen LogP) is 8.87. The third kappa shape index (κ3) is 9.27. The zero-order chi connectivity index (χ0) is 32.7. The molecule has 4 aromatic rings. The summed E-state index contributed by atoms with van der Waals surface area (Å²) < 4.78 is 0. The number of hydrogen-bond acceptors (Lipinski definition) is 6. The molecule has 1 saturated carbocycles. The second-order valence-electron chi connectivity index (χ2n) is 12.4. The van der Waals surface area contributed by atoms with Gasteiger partial charge in [0.2, 0.25) is 0 Å². The van der Waals surface area contributed by atoms with Gasteiger partial charge >= 0.3 is 5.97 Å². The van der Waals surface area contributed by atoms with Crippen molar-refractivity contribution in [1.29, 1.82) is 0 Å². The number of carbonyl (C=O) groups is 1. The van der Waals surface area contributed by atoms with Gasteiger partial charge in [-0.1, -0.05) is 72.5 Å². The number of phenolic OH excluding ortho intramolecular Hbond substituents is 1. The molecule has 3 aromatic carbocycles. The maximum Gasteiger partial charge on any atom is 0.335 e. The Labute approximate surface area is 283 Å². The Morgan fingerprint density at radius 3 is 1.76 bits per heavy atom. The number of benzene rings is 3. The molecular weight excluding hydrogens is 621 g/mol. The first kappa shape index (κ1) is 36.5. The average Bonchev–Trinajstić information content (AvgIpc) is 3.01. The maximum atomic E-state index is 11.6. The van der Waals surface area contributed by atoms with Crippen molar-refractivity contribution in [3.63, 3.8) is 0 Å². The summed E-state index contributed by atoms with van der Waals surface area (Å²) >= 11 is 0. The third-order valence-corrected chi connectivity index (χ3v) is 8.62. The van der Waals surface area contributed by atoms with Gasteiger partial charge in [0.15, 0.2) is 0 Å². The van der Waals surface area contributed by atoms with Crippen LogP contribution in [0, 0.1) is 27.7 Å². The fraction of sp³-hybridized carbons (Fsp3) is 0.368. The van der Waals surface area contributed by atoms with Crippen LogP contribution in [0.2, 0.25) is 0 Å². The van der Waals surface area contributed by atoms with E-state index in [9.17, 15) is 15.0 Å². The number of aromatic carboxylic acids is 1. The summed E-state index contributed by atoms with van der Waals surface area (Å²) in [6, 6.07) is 22.4. The Morgan fingerprint density at radius 2 is 1.30 bits per heavy atom. The van der Waals surface area contributed by atoms with Gasteiger partial charge in [-0.2, -0.15) is 0 Å². The second-order valence-corrected chi connectivity index (χ2v) is 12.4. The minimum Gasteiger partial charge on any atom is -0.869 e. The number of aromatic nitrogens is 1. The first-order valence-electron chi connectivity index (χ1n) is 15.8. The van der Waals surface area contributed by atoms with Gasteiger partial charge in [0.25, 0.3) is 0 Å². The average molecular weight is 668 g/mol. The molecule has 1 radical (unpaired) electrons. The summed E-state index contributed by atoms with van der Waals surface area (Å²) in [5.74, 6) is -2.35. The van der Waals surface area contributed by atoms with Crippen LogP contribution in [0.1, 0.15) is 114 Å². The molecule has 0 spiro atoms. The van der Waals surface area contributed by atoms with E-state index in [0.29, 0.717) is 5.56 Å². The molecule has 0 bridgehead atoms. The summed E-state index contributed by atoms with van der Waals surface area (Å²) in [5.41, 5.74) is 9.82. The number of carboxylic acid groups (broad SMARTS) is 1. The van der Waals surface area contributed by atoms with Crippen molar-refractivity contribution in [3.8, 4) is 11.5 Å². The molecule has 1 aliphatic carbocycles. The van der Waals surface area contributed by atoms with Gasteiger partial charge in [0.05, 0.1) is 29.0 Å². The normalized spacial score (nSPS) is 14.2. The second kappa shape index (κ2) is 16.5. The fourth-order valence-corrected chi connectivity index (χ4v) is 6.08. The minimum absolute atomic E-state index is 0. The van der Waals surface area contributed by atoms with Crippen LogP contribution in [0.25, 0.3) is 0 Å². The molecule has 5 rings (SSSR count). The summed E-state index contributed by atoms with van der Waals surface area (Å²) in [6.45, 7) is 12.8. The molecule has 1 heterocycles. The van der Waals surface area contributed by atoms with Gasteiger partial charge in [-0.25, -0.2) is 4.79 Å². The third-order valence-electron chi connectivity index (χ3n) is 8.62. The van der Waals surface area contributed by atoms with Crippen LogP contribution >= 0.6 is 0 Å². The van der Waals surface area contributed by atoms with Gasteiger partial charge in [-0.05, 0) is 107 Å². The molecule has 1 fully saturated rings. The van der Waals surface area contributed by atoms with Crippen LogP contribution in [0.4, 0.5) is 11.4 Å². The molecule has 8 heteroatoms. The number of nitrogens with one attached hydrogen (secondary N) is 2. The van der Waals surface area contributed by atoms with Crippen LogP contribution in [0.3, 0.4) is 0 Å². The van der Waals surface area contributed by atoms with E-state index in [1.165, 1.54) is 34.7 Å². The summed E-state index contributed by atoms with van der Waals surface area (Å²) in [4.78, 5) is 16.1. The van der Waals surface area contributed by atoms with E-state index in [1.54, 1.807) is 6.07 Å². The van der Waals surface area contributed by atoms with E-state index in [2.05, 4.69) is 107 Å². The summed E-state index contributed by atoms with van der Waals surface area (Å²) in [7, 11) is 0. The molecule has 1 aliphatic rings. The number of phenols is 1. The molecule has 0 saturated heterocycles. The SMILES string of the molecule is Cc1ccc(NC(C)c2cccc(C(C)Nc3ccc(C)cc3C)n2)c(C)c1.O=C(O)c1c(C2CCCCC2)ccc(O)c1[O-].[Co]. The maximum absolute atomic E-state index is 11.6. The van der Waals surface area contributed by atoms with E-state index >= 15 is 0 Å². The van der Waals surface area contributed by atoms with Crippen molar-refractivity contribution in [2.45, 2.75) is 91.6 Å². The number of carboxylic acids is 1. The van der Waals surface area contributed by atoms with Crippen LogP contribution in [0.5, 0.6) is 11.5 Å². The van der Waals surface area contributed by atoms with Crippen molar-refractivity contribution >= 4 is 17.3 Å². The number of anilines is 2. The zero-order valence-corrected chi connectivity index (χ0v) is 28.7. The Hall–Kier alpha value is -4.01. The molecule has 46 heavy (non-hydrogen) atoms. The molecule has 1 aromatic heterocycles. The number of aromatic hydroxyl groups is 1. The van der Waals surface area contributed by atoms with E-state index in [0.717, 1.165) is 48.4 Å². The van der Waals surface area contributed by atoms with Crippen molar-refractivity contribution in [2.24, 2.45) is 0 Å². The van der Waals surface area contributed by atoms with Crippen molar-refractivity contribution in [3.05, 3.63) is 111 Å². The largest absolute Gasteiger partial charge is 0.869 e. The summed E-state index contributed by atoms with van der Waals surface area (Å²) in [6.07, 6.45) is 5.15. The molecule has 7 nitrogen and oxygen atoms in total. The molecule has 2 atom stereocenters. The molecular formula is C38H46CoN3O4-. The molecule has 2 unspecified atom stereocenters. The first-order chi connectivity index (χ1) is 21.4. The van der Waals surface area contributed by atoms with Crippen LogP contribution in [-0.2, 0) is 16.8 Å². The van der Waals surface area contributed by atoms with E-state index in [1.807, 2.05) is 0 Å². The Morgan fingerprint density at radius 1 is 0.804 bits per heavy atom. The van der Waals surface area contributed by atoms with Crippen LogP contribution in [-0.4, -0.2) is 21.2 Å². The van der Waals surface area contributed by atoms with E-state index in [-0.39, 0.29) is 40.3 Å². The van der Waals surface area contributed by atoms with Crippen molar-refractivity contribution in [2.75, 3.05) is 10.6 Å². The molecule has 0 aliphatic heterocycles. The minimum atomic E-state index is -1.24. The van der Waals surface area contributed by atoms with Gasteiger partial charge in [0, 0.05) is 28.2 Å². The van der Waals surface area contributed by atoms with Crippen molar-refractivity contribution in [1.82, 2.24) is 4.98 Å². The molecule has 0 amide bonds. The van der Waals surface area contributed by atoms with Gasteiger partial charge in [-0.15, -0.1) is 0 Å². The monoisotopic (exact) mass is 667 g/mol. The fourth-order valence-electron chi connectivity index (χ4n) is 6.08. The molecule has 247 valence electrons. The molecule has 4 N–H and O–H groups in total. The van der Waals surface area contributed by atoms with Crippen molar-refractivity contribution < 1.29 is 36.9 Å². The number of pyridine rings is 1. The predicted molar refractivity (Wildman–Crippen MR) is 180 cm³/mol. The number of nitrogens with zero attached hydrogens (tertiary/aromatic N) is 1. The standard InChI is InChI=1S/C25H31N3.C13H16O4.Co/c1-16-10-12-22(18(3)14-16)26-20(5)24-8-7-9-25(28-24)21(6)27-23-13-11-17(2)15-19(23)4;14-10-7-6-9(8-4-2-1-3-5-8)11(12(10)15)13(16)17;/h7-15,20-21,26-27H,1-6H3;6-8,14-15H,1-5H2,(H,16,17);/p-1. The van der Waals surface area contributed by atoms with E-state index < -0.39 is 17.5 Å². The van der Waals surface area contributed by atoms with Gasteiger partial charge in [0.1, 0.15) is 5.75 Å². The van der Waals surface area contributed by atoms with Gasteiger partial charge in [-0.3, -0.25) is 4.98 Å². The van der Waals surface area contributed by atoms with E-state index in [4.69, 9.17) is 10.1 Å². The quantitative estimate of drug-likeness (QED) is 0.148. The number of aryl methyl sites for hydroxylation is 4. The smallest absolute Gasteiger partial charge is 0.335 e. The number of hydrogen-bond donors (Lipinski definition) is 4. The Bertz CT molecular complexity index is 1560. The first-order valence-corrected chi connectivity index (χ1v) is 15.8. The zero-order valence-electron chi connectivity index (χ0n) is 27.6.